The average molecular weight is 232 g/mol. The van der Waals surface area contributed by atoms with Crippen molar-refractivity contribution in [2.24, 2.45) is 0 Å². The van der Waals surface area contributed by atoms with Gasteiger partial charge in [0, 0.05) is 5.25 Å². The highest BCUT2D eigenvalue weighted by Gasteiger charge is 2.12. The van der Waals surface area contributed by atoms with Crippen LogP contribution in [-0.2, 0) is 4.79 Å². The molecule has 3 heteroatoms. The molecule has 0 aliphatic rings. The van der Waals surface area contributed by atoms with Crippen LogP contribution in [0.15, 0.2) is 0 Å². The summed E-state index contributed by atoms with van der Waals surface area (Å²) >= 11 is 1.83. The molecular formula is C12H24O2S. The molecule has 2 nitrogen and oxygen atoms in total. The number of thioether (sulfide) groups is 1. The molecule has 0 rings (SSSR count). The normalized spacial score (nSPS) is 12.7. The predicted molar refractivity (Wildman–Crippen MR) is 67.5 cm³/mol. The zero-order valence-corrected chi connectivity index (χ0v) is 10.8. The lowest BCUT2D eigenvalue weighted by Gasteiger charge is -2.13. The van der Waals surface area contributed by atoms with Gasteiger partial charge in [0.1, 0.15) is 0 Å². The maximum atomic E-state index is 10.6. The molecule has 0 fully saturated rings. The van der Waals surface area contributed by atoms with Crippen molar-refractivity contribution in [3.8, 4) is 0 Å². The fourth-order valence-electron chi connectivity index (χ4n) is 1.52. The Bertz CT molecular complexity index is 160. The van der Waals surface area contributed by atoms with E-state index >= 15 is 0 Å². The van der Waals surface area contributed by atoms with E-state index in [4.69, 9.17) is 5.11 Å². The molecule has 0 aliphatic heterocycles. The van der Waals surface area contributed by atoms with Crippen LogP contribution in [0.1, 0.15) is 58.8 Å². The van der Waals surface area contributed by atoms with E-state index < -0.39 is 5.97 Å². The molecule has 0 saturated carbocycles. The summed E-state index contributed by atoms with van der Waals surface area (Å²) in [7, 11) is 0. The van der Waals surface area contributed by atoms with E-state index in [0.29, 0.717) is 11.7 Å². The van der Waals surface area contributed by atoms with Gasteiger partial charge in [-0.25, -0.2) is 0 Å². The summed E-state index contributed by atoms with van der Waals surface area (Å²) in [5.41, 5.74) is 0. The molecule has 0 radical (unpaired) electrons. The van der Waals surface area contributed by atoms with Gasteiger partial charge in [-0.05, 0) is 18.6 Å². The maximum absolute atomic E-state index is 10.6. The molecule has 1 atom stereocenters. The third kappa shape index (κ3) is 10.1. The van der Waals surface area contributed by atoms with Crippen LogP contribution < -0.4 is 0 Å². The van der Waals surface area contributed by atoms with Gasteiger partial charge in [0.05, 0.1) is 6.42 Å². The van der Waals surface area contributed by atoms with Crippen LogP contribution in [0.4, 0.5) is 0 Å². The fraction of sp³-hybridized carbons (Fsp3) is 0.917. The second-order valence-corrected chi connectivity index (χ2v) is 5.35. The highest BCUT2D eigenvalue weighted by Crippen LogP contribution is 2.22. The molecule has 0 heterocycles. The second kappa shape index (κ2) is 10.3. The van der Waals surface area contributed by atoms with Crippen molar-refractivity contribution >= 4 is 17.7 Å². The first-order chi connectivity index (χ1) is 7.20. The molecule has 0 amide bonds. The third-order valence-corrected chi connectivity index (χ3v) is 3.86. The number of hydrogen-bond donors (Lipinski definition) is 1. The fourth-order valence-corrected chi connectivity index (χ4v) is 2.69. The number of unbranched alkanes of at least 4 members (excludes halogenated alkanes) is 3. The maximum Gasteiger partial charge on any atom is 0.304 e. The van der Waals surface area contributed by atoms with Gasteiger partial charge in [0.2, 0.25) is 0 Å². The Morgan fingerprint density at radius 2 is 1.93 bits per heavy atom. The van der Waals surface area contributed by atoms with E-state index in [-0.39, 0.29) is 0 Å². The van der Waals surface area contributed by atoms with E-state index in [0.717, 1.165) is 18.6 Å². The van der Waals surface area contributed by atoms with Gasteiger partial charge in [-0.2, -0.15) is 11.8 Å². The van der Waals surface area contributed by atoms with Crippen molar-refractivity contribution in [2.45, 2.75) is 64.0 Å². The molecule has 0 saturated heterocycles. The van der Waals surface area contributed by atoms with Crippen molar-refractivity contribution < 1.29 is 9.90 Å². The Morgan fingerprint density at radius 1 is 1.20 bits per heavy atom. The Labute approximate surface area is 97.8 Å². The van der Waals surface area contributed by atoms with Gasteiger partial charge in [0.15, 0.2) is 0 Å². The van der Waals surface area contributed by atoms with E-state index in [2.05, 4.69) is 13.8 Å². The van der Waals surface area contributed by atoms with Crippen LogP contribution in [0.3, 0.4) is 0 Å². The molecule has 0 aromatic carbocycles. The molecule has 0 bridgehead atoms. The topological polar surface area (TPSA) is 37.3 Å². The number of carboxylic acid groups (broad SMARTS) is 1. The number of carbonyl (C=O) groups is 1. The molecule has 1 unspecified atom stereocenters. The first kappa shape index (κ1) is 14.8. The predicted octanol–water partition coefficient (Wildman–Crippen LogP) is 3.94. The number of hydrogen-bond acceptors (Lipinski definition) is 2. The largest absolute Gasteiger partial charge is 0.481 e. The monoisotopic (exact) mass is 232 g/mol. The summed E-state index contributed by atoms with van der Waals surface area (Å²) in [5.74, 6) is 0.435. The summed E-state index contributed by atoms with van der Waals surface area (Å²) in [5, 5.41) is 9.11. The Kier molecular flexibility index (Phi) is 10.2. The van der Waals surface area contributed by atoms with Crippen molar-refractivity contribution in [1.82, 2.24) is 0 Å². The van der Waals surface area contributed by atoms with Crippen LogP contribution in [0.2, 0.25) is 0 Å². The molecule has 0 spiro atoms. The summed E-state index contributed by atoms with van der Waals surface area (Å²) in [6.45, 7) is 4.34. The molecule has 15 heavy (non-hydrogen) atoms. The lowest BCUT2D eigenvalue weighted by molar-refractivity contribution is -0.137. The highest BCUT2D eigenvalue weighted by molar-refractivity contribution is 7.99. The average Bonchev–Trinajstić information content (AvgIpc) is 2.19. The number of aliphatic carboxylic acids is 1. The number of rotatable bonds is 10. The summed E-state index contributed by atoms with van der Waals surface area (Å²) in [6.07, 6.45) is 7.48. The minimum Gasteiger partial charge on any atom is -0.481 e. The Balaban J connectivity index is 3.64. The van der Waals surface area contributed by atoms with Gasteiger partial charge in [-0.15, -0.1) is 0 Å². The van der Waals surface area contributed by atoms with Crippen LogP contribution >= 0.6 is 11.8 Å². The Hall–Kier alpha value is -0.180. The van der Waals surface area contributed by atoms with Crippen LogP contribution in [0.25, 0.3) is 0 Å². The van der Waals surface area contributed by atoms with Crippen molar-refractivity contribution in [3.05, 3.63) is 0 Å². The van der Waals surface area contributed by atoms with Crippen molar-refractivity contribution in [3.63, 3.8) is 0 Å². The smallest absolute Gasteiger partial charge is 0.304 e. The molecule has 1 N–H and O–H groups in total. The van der Waals surface area contributed by atoms with Crippen molar-refractivity contribution in [1.29, 1.82) is 0 Å². The summed E-state index contributed by atoms with van der Waals surface area (Å²) in [6, 6.07) is 0. The zero-order chi connectivity index (χ0) is 11.5. The highest BCUT2D eigenvalue weighted by atomic mass is 32.2. The SMILES string of the molecule is CCCCCCC(CC(=O)O)SCCC. The van der Waals surface area contributed by atoms with E-state index in [9.17, 15) is 4.79 Å². The van der Waals surface area contributed by atoms with Crippen LogP contribution in [0.5, 0.6) is 0 Å². The summed E-state index contributed by atoms with van der Waals surface area (Å²) < 4.78 is 0. The van der Waals surface area contributed by atoms with Crippen molar-refractivity contribution in [2.75, 3.05) is 5.75 Å². The van der Waals surface area contributed by atoms with Gasteiger partial charge in [-0.1, -0.05) is 39.5 Å². The van der Waals surface area contributed by atoms with E-state index in [1.54, 1.807) is 0 Å². The molecule has 0 aromatic heterocycles. The van der Waals surface area contributed by atoms with Crippen LogP contribution in [0, 0.1) is 0 Å². The number of carboxylic acids is 1. The van der Waals surface area contributed by atoms with E-state index in [1.807, 2.05) is 11.8 Å². The zero-order valence-electron chi connectivity index (χ0n) is 10.00. The minimum absolute atomic E-state index is 0.330. The van der Waals surface area contributed by atoms with Gasteiger partial charge in [0.25, 0.3) is 0 Å². The lowest BCUT2D eigenvalue weighted by atomic mass is 10.1. The van der Waals surface area contributed by atoms with Crippen LogP contribution in [-0.4, -0.2) is 22.1 Å². The molecular weight excluding hydrogens is 208 g/mol. The van der Waals surface area contributed by atoms with Gasteiger partial charge < -0.3 is 5.11 Å². The van der Waals surface area contributed by atoms with Gasteiger partial charge >= 0.3 is 5.97 Å². The molecule has 90 valence electrons. The van der Waals surface area contributed by atoms with E-state index in [1.165, 1.54) is 25.7 Å². The second-order valence-electron chi connectivity index (χ2n) is 3.94. The Morgan fingerprint density at radius 3 is 2.47 bits per heavy atom. The lowest BCUT2D eigenvalue weighted by Crippen LogP contribution is -2.10. The summed E-state index contributed by atoms with van der Waals surface area (Å²) in [4.78, 5) is 10.6. The standard InChI is InChI=1S/C12H24O2S/c1-3-5-6-7-8-11(10-12(13)14)15-9-4-2/h11H,3-10H2,1-2H3,(H,13,14). The first-order valence-corrected chi connectivity index (χ1v) is 7.09. The minimum atomic E-state index is -0.654. The quantitative estimate of drug-likeness (QED) is 0.580. The third-order valence-electron chi connectivity index (χ3n) is 2.34. The van der Waals surface area contributed by atoms with Gasteiger partial charge in [-0.3, -0.25) is 4.79 Å². The molecule has 0 aliphatic carbocycles. The first-order valence-electron chi connectivity index (χ1n) is 6.04. The molecule has 0 aromatic rings.